The van der Waals surface area contributed by atoms with Crippen LogP contribution in [0.5, 0.6) is 0 Å². The zero-order chi connectivity index (χ0) is 16.1. The van der Waals surface area contributed by atoms with Gasteiger partial charge in [-0.25, -0.2) is 4.79 Å². The predicted molar refractivity (Wildman–Crippen MR) is 81.0 cm³/mol. The van der Waals surface area contributed by atoms with Gasteiger partial charge in [0.25, 0.3) is 5.56 Å². The number of carboxylic acids is 1. The van der Waals surface area contributed by atoms with Crippen molar-refractivity contribution >= 4 is 17.6 Å². The fourth-order valence-electron chi connectivity index (χ4n) is 1.88. The van der Waals surface area contributed by atoms with Gasteiger partial charge in [-0.2, -0.15) is 0 Å². The smallest absolute Gasteiger partial charge is 0.328 e. The van der Waals surface area contributed by atoms with Crippen molar-refractivity contribution < 1.29 is 9.90 Å². The zero-order valence-corrected chi connectivity index (χ0v) is 12.2. The van der Waals surface area contributed by atoms with E-state index in [1.807, 2.05) is 35.3 Å². The highest BCUT2D eigenvalue weighted by Gasteiger charge is 2.18. The second-order valence-electron chi connectivity index (χ2n) is 4.65. The van der Waals surface area contributed by atoms with E-state index in [0.717, 1.165) is 16.3 Å². The summed E-state index contributed by atoms with van der Waals surface area (Å²) in [5, 5.41) is 11.9. The Bertz CT molecular complexity index is 770. The lowest BCUT2D eigenvalue weighted by Crippen LogP contribution is -2.43. The van der Waals surface area contributed by atoms with E-state index in [9.17, 15) is 19.5 Å². The molecule has 1 aromatic carbocycles. The van der Waals surface area contributed by atoms with Crippen LogP contribution in [0.4, 0.5) is 0 Å². The van der Waals surface area contributed by atoms with Crippen LogP contribution in [-0.2, 0) is 17.9 Å². The number of aromatic amines is 1. The second kappa shape index (κ2) is 7.06. The van der Waals surface area contributed by atoms with Crippen LogP contribution in [0, 0.1) is 0 Å². The van der Waals surface area contributed by atoms with Crippen molar-refractivity contribution in [3.8, 4) is 0 Å². The molecule has 0 unspecified atom stereocenters. The van der Waals surface area contributed by atoms with Gasteiger partial charge in [0.15, 0.2) is 0 Å². The van der Waals surface area contributed by atoms with E-state index >= 15 is 0 Å². The maximum absolute atomic E-state index is 11.7. The van der Waals surface area contributed by atoms with Gasteiger partial charge >= 0.3 is 11.7 Å². The molecule has 0 fully saturated rings. The van der Waals surface area contributed by atoms with Gasteiger partial charge in [-0.3, -0.25) is 24.5 Å². The summed E-state index contributed by atoms with van der Waals surface area (Å²) >= 11 is 5.65. The molecule has 0 spiro atoms. The number of carboxylic acid groups (broad SMARTS) is 1. The lowest BCUT2D eigenvalue weighted by atomic mass is 10.2. The van der Waals surface area contributed by atoms with Crippen molar-refractivity contribution in [2.45, 2.75) is 19.1 Å². The molecule has 0 bridgehead atoms. The summed E-state index contributed by atoms with van der Waals surface area (Å²) in [5.41, 5.74) is -0.491. The molecule has 3 N–H and O–H groups in total. The molecule has 0 saturated heterocycles. The number of aromatic nitrogens is 2. The number of hydrogen-bond acceptors (Lipinski definition) is 4. The summed E-state index contributed by atoms with van der Waals surface area (Å²) in [5.74, 6) is -1.11. The molecule has 1 aromatic heterocycles. The third-order valence-corrected chi connectivity index (χ3v) is 3.31. The van der Waals surface area contributed by atoms with Crippen molar-refractivity contribution in [3.05, 3.63) is 68.0 Å². The van der Waals surface area contributed by atoms with E-state index in [2.05, 4.69) is 5.32 Å². The van der Waals surface area contributed by atoms with E-state index in [4.69, 9.17) is 11.6 Å². The minimum absolute atomic E-state index is 0.155. The third-order valence-electron chi connectivity index (χ3n) is 3.04. The number of benzene rings is 1. The first-order valence-electron chi connectivity index (χ1n) is 6.47. The van der Waals surface area contributed by atoms with E-state index < -0.39 is 23.3 Å². The Kier molecular flexibility index (Phi) is 5.13. The molecule has 2 aromatic rings. The Morgan fingerprint density at radius 3 is 2.64 bits per heavy atom. The van der Waals surface area contributed by atoms with Crippen molar-refractivity contribution in [1.29, 1.82) is 0 Å². The van der Waals surface area contributed by atoms with Crippen molar-refractivity contribution in [3.63, 3.8) is 0 Å². The largest absolute Gasteiger partial charge is 0.480 e. The Morgan fingerprint density at radius 2 is 2.00 bits per heavy atom. The third kappa shape index (κ3) is 4.06. The van der Waals surface area contributed by atoms with Gasteiger partial charge in [0.2, 0.25) is 0 Å². The lowest BCUT2D eigenvalue weighted by Gasteiger charge is -2.15. The maximum atomic E-state index is 11.7. The van der Waals surface area contributed by atoms with Crippen LogP contribution >= 0.6 is 11.6 Å². The first-order valence-corrected chi connectivity index (χ1v) is 6.84. The van der Waals surface area contributed by atoms with Crippen molar-refractivity contribution in [1.82, 2.24) is 14.9 Å². The van der Waals surface area contributed by atoms with Gasteiger partial charge < -0.3 is 5.11 Å². The predicted octanol–water partition coefficient (Wildman–Crippen LogP) is 0.433. The van der Waals surface area contributed by atoms with E-state index in [1.54, 1.807) is 0 Å². The fraction of sp³-hybridized carbons (Fsp3) is 0.214. The second-order valence-corrected chi connectivity index (χ2v) is 5.05. The van der Waals surface area contributed by atoms with Crippen LogP contribution in [0.3, 0.4) is 0 Å². The number of rotatable bonds is 6. The number of nitrogens with one attached hydrogen (secondary N) is 2. The molecule has 7 nitrogen and oxygen atoms in total. The molecule has 8 heteroatoms. The molecule has 0 aliphatic carbocycles. The Balaban J connectivity index is 2.13. The minimum Gasteiger partial charge on any atom is -0.480 e. The number of halogens is 1. The lowest BCUT2D eigenvalue weighted by molar-refractivity contribution is -0.139. The normalized spacial score (nSPS) is 12.0. The van der Waals surface area contributed by atoms with Crippen molar-refractivity contribution in [2.75, 3.05) is 0 Å². The van der Waals surface area contributed by atoms with Gasteiger partial charge in [0.05, 0.1) is 6.54 Å². The molecule has 0 aliphatic rings. The summed E-state index contributed by atoms with van der Waals surface area (Å²) in [4.78, 5) is 36.2. The van der Waals surface area contributed by atoms with Crippen LogP contribution in [-0.4, -0.2) is 26.7 Å². The summed E-state index contributed by atoms with van der Waals surface area (Å²) < 4.78 is 1.06. The Morgan fingerprint density at radius 1 is 1.32 bits per heavy atom. The summed E-state index contributed by atoms with van der Waals surface area (Å²) in [6.07, 6.45) is 1.13. The van der Waals surface area contributed by atoms with Crippen LogP contribution in [0.2, 0.25) is 5.02 Å². The SMILES string of the molecule is O=C(O)[C@H](Cn1cc(Cl)c(=O)[nH]c1=O)NCc1ccccc1. The molecule has 22 heavy (non-hydrogen) atoms. The van der Waals surface area contributed by atoms with Crippen LogP contribution < -0.4 is 16.6 Å². The summed E-state index contributed by atoms with van der Waals surface area (Å²) in [6, 6.07) is 8.27. The number of nitrogens with zero attached hydrogens (tertiary/aromatic N) is 1. The van der Waals surface area contributed by atoms with E-state index in [-0.39, 0.29) is 11.6 Å². The zero-order valence-electron chi connectivity index (χ0n) is 11.5. The van der Waals surface area contributed by atoms with Crippen LogP contribution in [0.15, 0.2) is 46.1 Å². The molecule has 2 rings (SSSR count). The monoisotopic (exact) mass is 323 g/mol. The molecule has 0 saturated carbocycles. The molecule has 1 atom stereocenters. The molecule has 116 valence electrons. The molecular weight excluding hydrogens is 310 g/mol. The maximum Gasteiger partial charge on any atom is 0.328 e. The Labute approximate surface area is 130 Å². The fourth-order valence-corrected chi connectivity index (χ4v) is 2.05. The first kappa shape index (κ1) is 16.0. The Hall–Kier alpha value is -2.38. The summed E-state index contributed by atoms with van der Waals surface area (Å²) in [6.45, 7) is 0.182. The number of aliphatic carboxylic acids is 1. The van der Waals surface area contributed by atoms with Gasteiger partial charge in [0.1, 0.15) is 11.1 Å². The summed E-state index contributed by atoms with van der Waals surface area (Å²) in [7, 11) is 0. The van der Waals surface area contributed by atoms with E-state index in [1.165, 1.54) is 0 Å². The van der Waals surface area contributed by atoms with E-state index in [0.29, 0.717) is 6.54 Å². The quantitative estimate of drug-likeness (QED) is 0.715. The number of carbonyl (C=O) groups is 1. The average molecular weight is 324 g/mol. The average Bonchev–Trinajstić information content (AvgIpc) is 2.49. The van der Waals surface area contributed by atoms with Crippen LogP contribution in [0.1, 0.15) is 5.56 Å². The highest BCUT2D eigenvalue weighted by molar-refractivity contribution is 6.30. The number of hydrogen-bond donors (Lipinski definition) is 3. The molecule has 0 aliphatic heterocycles. The minimum atomic E-state index is -1.11. The van der Waals surface area contributed by atoms with Gasteiger partial charge in [-0.05, 0) is 5.56 Å². The highest BCUT2D eigenvalue weighted by atomic mass is 35.5. The topological polar surface area (TPSA) is 104 Å². The van der Waals surface area contributed by atoms with Gasteiger partial charge in [-0.1, -0.05) is 41.9 Å². The van der Waals surface area contributed by atoms with Gasteiger partial charge in [0, 0.05) is 12.7 Å². The molecule has 0 amide bonds. The van der Waals surface area contributed by atoms with Crippen molar-refractivity contribution in [2.24, 2.45) is 0 Å². The highest BCUT2D eigenvalue weighted by Crippen LogP contribution is 2.01. The number of H-pyrrole nitrogens is 1. The van der Waals surface area contributed by atoms with Crippen LogP contribution in [0.25, 0.3) is 0 Å². The van der Waals surface area contributed by atoms with Gasteiger partial charge in [-0.15, -0.1) is 0 Å². The molecule has 0 radical (unpaired) electrons. The standard InChI is InChI=1S/C14H14ClN3O4/c15-10-7-18(14(22)17-12(10)19)8-11(13(20)21)16-6-9-4-2-1-3-5-9/h1-5,7,11,16H,6,8H2,(H,20,21)(H,17,19,22)/t11-/m0/s1. The molecule has 1 heterocycles. The molecular formula is C14H14ClN3O4. The first-order chi connectivity index (χ1) is 10.5.